The number of carbonyl (C=O) groups excluding carboxylic acids is 2. The summed E-state index contributed by atoms with van der Waals surface area (Å²) in [5.74, 6) is 0.608. The summed E-state index contributed by atoms with van der Waals surface area (Å²) >= 11 is 0. The number of carbonyl (C=O) groups is 2. The van der Waals surface area contributed by atoms with E-state index in [4.69, 9.17) is 4.74 Å². The molecule has 2 aromatic rings. The molecule has 0 bridgehead atoms. The largest absolute Gasteiger partial charge is 0.489 e. The molecule has 2 aromatic carbocycles. The summed E-state index contributed by atoms with van der Waals surface area (Å²) < 4.78 is 5.85. The van der Waals surface area contributed by atoms with Crippen LogP contribution in [0.5, 0.6) is 5.75 Å². The van der Waals surface area contributed by atoms with Crippen LogP contribution in [0.15, 0.2) is 36.4 Å². The Labute approximate surface area is 166 Å². The summed E-state index contributed by atoms with van der Waals surface area (Å²) in [6.07, 6.45) is 0.301. The average Bonchev–Trinajstić information content (AvgIpc) is 2.66. The van der Waals surface area contributed by atoms with Crippen LogP contribution >= 0.6 is 0 Å². The van der Waals surface area contributed by atoms with E-state index in [-0.39, 0.29) is 17.9 Å². The van der Waals surface area contributed by atoms with Gasteiger partial charge < -0.3 is 19.9 Å². The minimum absolute atomic E-state index is 0.0539. The van der Waals surface area contributed by atoms with Crippen molar-refractivity contribution < 1.29 is 14.3 Å². The van der Waals surface area contributed by atoms with Gasteiger partial charge >= 0.3 is 0 Å². The van der Waals surface area contributed by atoms with Crippen molar-refractivity contribution in [1.82, 2.24) is 4.90 Å². The molecule has 0 unspecified atom stereocenters. The molecule has 6 nitrogen and oxygen atoms in total. The summed E-state index contributed by atoms with van der Waals surface area (Å²) in [6, 6.07) is 11.2. The highest BCUT2D eigenvalue weighted by molar-refractivity contribution is 5.96. The van der Waals surface area contributed by atoms with E-state index in [1.54, 1.807) is 25.1 Å². The third-order valence-corrected chi connectivity index (χ3v) is 5.14. The van der Waals surface area contributed by atoms with Gasteiger partial charge in [-0.1, -0.05) is 18.2 Å². The van der Waals surface area contributed by atoms with Crippen molar-refractivity contribution in [3.05, 3.63) is 53.1 Å². The third kappa shape index (κ3) is 3.96. The minimum atomic E-state index is -0.110. The SMILES string of the molecule is Cc1cccc(C)c1NC(=O)C[C@@H]1COc2ccc(C(=O)N(C)C)cc2N1C. The van der Waals surface area contributed by atoms with Gasteiger partial charge in [-0.2, -0.15) is 0 Å². The monoisotopic (exact) mass is 381 g/mol. The van der Waals surface area contributed by atoms with E-state index in [1.165, 1.54) is 0 Å². The molecule has 0 saturated carbocycles. The van der Waals surface area contributed by atoms with Crippen LogP contribution < -0.4 is 15.0 Å². The molecule has 1 aliphatic rings. The highest BCUT2D eigenvalue weighted by atomic mass is 16.5. The smallest absolute Gasteiger partial charge is 0.253 e. The van der Waals surface area contributed by atoms with Gasteiger partial charge in [0.2, 0.25) is 5.91 Å². The predicted molar refractivity (Wildman–Crippen MR) is 111 cm³/mol. The summed E-state index contributed by atoms with van der Waals surface area (Å²) in [6.45, 7) is 4.39. The highest BCUT2D eigenvalue weighted by Gasteiger charge is 2.28. The minimum Gasteiger partial charge on any atom is -0.489 e. The number of aryl methyl sites for hydroxylation is 2. The van der Waals surface area contributed by atoms with Crippen molar-refractivity contribution in [2.24, 2.45) is 0 Å². The van der Waals surface area contributed by atoms with Crippen LogP contribution in [-0.2, 0) is 4.79 Å². The number of benzene rings is 2. The molecule has 1 heterocycles. The van der Waals surface area contributed by atoms with Crippen LogP contribution in [0.1, 0.15) is 27.9 Å². The van der Waals surface area contributed by atoms with Crippen LogP contribution in [0, 0.1) is 13.8 Å². The van der Waals surface area contributed by atoms with Gasteiger partial charge in [-0.3, -0.25) is 9.59 Å². The van der Waals surface area contributed by atoms with E-state index < -0.39 is 0 Å². The molecule has 0 spiro atoms. The molecule has 1 N–H and O–H groups in total. The molecule has 0 fully saturated rings. The van der Waals surface area contributed by atoms with Gasteiger partial charge in [-0.15, -0.1) is 0 Å². The van der Waals surface area contributed by atoms with Crippen molar-refractivity contribution in [1.29, 1.82) is 0 Å². The molecule has 0 aliphatic carbocycles. The fourth-order valence-electron chi connectivity index (χ4n) is 3.41. The number of fused-ring (bicyclic) bond motifs is 1. The molecule has 3 rings (SSSR count). The van der Waals surface area contributed by atoms with Crippen molar-refractivity contribution in [2.45, 2.75) is 26.3 Å². The zero-order valence-corrected chi connectivity index (χ0v) is 17.1. The number of hydrogen-bond acceptors (Lipinski definition) is 4. The topological polar surface area (TPSA) is 61.9 Å². The lowest BCUT2D eigenvalue weighted by atomic mass is 10.1. The van der Waals surface area contributed by atoms with Crippen molar-refractivity contribution >= 4 is 23.2 Å². The number of rotatable bonds is 4. The Morgan fingerprint density at radius 1 is 1.18 bits per heavy atom. The maximum atomic E-state index is 12.7. The summed E-state index contributed by atoms with van der Waals surface area (Å²) in [4.78, 5) is 28.5. The maximum absolute atomic E-state index is 12.7. The lowest BCUT2D eigenvalue weighted by molar-refractivity contribution is -0.116. The molecule has 28 heavy (non-hydrogen) atoms. The first kappa shape index (κ1) is 19.7. The van der Waals surface area contributed by atoms with E-state index in [1.807, 2.05) is 56.1 Å². The molecular weight excluding hydrogens is 354 g/mol. The first-order valence-corrected chi connectivity index (χ1v) is 9.35. The molecule has 2 amide bonds. The normalized spacial score (nSPS) is 15.5. The summed E-state index contributed by atoms with van der Waals surface area (Å²) in [5, 5.41) is 3.03. The number of nitrogens with zero attached hydrogens (tertiary/aromatic N) is 2. The number of ether oxygens (including phenoxy) is 1. The van der Waals surface area contributed by atoms with Crippen LogP contribution in [0.25, 0.3) is 0 Å². The van der Waals surface area contributed by atoms with Crippen molar-refractivity contribution in [3.8, 4) is 5.75 Å². The molecular formula is C22H27N3O3. The Morgan fingerprint density at radius 3 is 2.50 bits per heavy atom. The van der Waals surface area contributed by atoms with Crippen molar-refractivity contribution in [3.63, 3.8) is 0 Å². The second-order valence-corrected chi connectivity index (χ2v) is 7.48. The van der Waals surface area contributed by atoms with E-state index in [9.17, 15) is 9.59 Å². The lowest BCUT2D eigenvalue weighted by Crippen LogP contribution is -2.42. The number of amides is 2. The van der Waals surface area contributed by atoms with E-state index in [2.05, 4.69) is 5.32 Å². The molecule has 1 aliphatic heterocycles. The van der Waals surface area contributed by atoms with Gasteiger partial charge in [0, 0.05) is 32.4 Å². The molecule has 6 heteroatoms. The Balaban J connectivity index is 1.74. The Bertz CT molecular complexity index is 888. The molecule has 0 radical (unpaired) electrons. The fraction of sp³-hybridized carbons (Fsp3) is 0.364. The summed E-state index contributed by atoms with van der Waals surface area (Å²) in [5.41, 5.74) is 4.37. The van der Waals surface area contributed by atoms with Crippen LogP contribution in [-0.4, -0.2) is 50.5 Å². The molecule has 0 saturated heterocycles. The standard InChI is InChI=1S/C22H27N3O3/c1-14-7-6-8-15(2)21(14)23-20(26)12-17-13-28-19-10-9-16(22(27)24(3)4)11-18(19)25(17)5/h6-11,17H,12-13H2,1-5H3,(H,23,26)/t17-/m1/s1. The molecule has 0 aromatic heterocycles. The first-order valence-electron chi connectivity index (χ1n) is 9.35. The number of para-hydroxylation sites is 1. The predicted octanol–water partition coefficient (Wildman–Crippen LogP) is 3.23. The number of nitrogens with one attached hydrogen (secondary N) is 1. The second-order valence-electron chi connectivity index (χ2n) is 7.48. The quantitative estimate of drug-likeness (QED) is 0.883. The van der Waals surface area contributed by atoms with Gasteiger partial charge in [0.15, 0.2) is 0 Å². The number of anilines is 2. The second kappa shape index (κ2) is 7.92. The maximum Gasteiger partial charge on any atom is 0.253 e. The van der Waals surface area contributed by atoms with Gasteiger partial charge in [0.05, 0.1) is 18.2 Å². The first-order chi connectivity index (χ1) is 13.3. The number of likely N-dealkylation sites (N-methyl/N-ethyl adjacent to an activating group) is 1. The van der Waals surface area contributed by atoms with Crippen LogP contribution in [0.4, 0.5) is 11.4 Å². The average molecular weight is 381 g/mol. The van der Waals surface area contributed by atoms with Crippen LogP contribution in [0.3, 0.4) is 0 Å². The Morgan fingerprint density at radius 2 is 1.86 bits per heavy atom. The van der Waals surface area contributed by atoms with E-state index >= 15 is 0 Å². The van der Waals surface area contributed by atoms with E-state index in [0.717, 1.165) is 28.3 Å². The molecule has 1 atom stereocenters. The zero-order chi connectivity index (χ0) is 20.4. The fourth-order valence-corrected chi connectivity index (χ4v) is 3.41. The molecule has 148 valence electrons. The van der Waals surface area contributed by atoms with Crippen LogP contribution in [0.2, 0.25) is 0 Å². The zero-order valence-electron chi connectivity index (χ0n) is 17.1. The Hall–Kier alpha value is -3.02. The van der Waals surface area contributed by atoms with Gasteiger partial charge in [-0.05, 0) is 43.2 Å². The lowest BCUT2D eigenvalue weighted by Gasteiger charge is -2.36. The van der Waals surface area contributed by atoms with E-state index in [0.29, 0.717) is 18.6 Å². The van der Waals surface area contributed by atoms with Gasteiger partial charge in [-0.25, -0.2) is 0 Å². The van der Waals surface area contributed by atoms with Gasteiger partial charge in [0.1, 0.15) is 12.4 Å². The summed E-state index contributed by atoms with van der Waals surface area (Å²) in [7, 11) is 5.38. The van der Waals surface area contributed by atoms with Crippen molar-refractivity contribution in [2.75, 3.05) is 38.0 Å². The highest BCUT2D eigenvalue weighted by Crippen LogP contribution is 2.35. The Kier molecular flexibility index (Phi) is 5.58. The third-order valence-electron chi connectivity index (χ3n) is 5.14. The number of hydrogen-bond donors (Lipinski definition) is 1. The van der Waals surface area contributed by atoms with Gasteiger partial charge in [0.25, 0.3) is 5.91 Å².